The third-order valence-corrected chi connectivity index (χ3v) is 9.11. The van der Waals surface area contributed by atoms with E-state index >= 15 is 4.39 Å². The maximum atomic E-state index is 15.7. The van der Waals surface area contributed by atoms with Crippen molar-refractivity contribution in [2.75, 3.05) is 18.8 Å². The molecule has 1 unspecified atom stereocenters. The summed E-state index contributed by atoms with van der Waals surface area (Å²) in [6, 6.07) is 12.3. The van der Waals surface area contributed by atoms with Gasteiger partial charge in [0.15, 0.2) is 0 Å². The molecule has 2 aromatic carbocycles. The Kier molecular flexibility index (Phi) is 9.50. The number of carbonyl (C=O) groups excluding carboxylic acids is 2. The fraction of sp³-hybridized carbons (Fsp3) is 0.448. The standard InChI is InChI=1S/C29H35F2N7O2S/c30-21-7-4-6-20(16-21)26(18-10-12-19(13-11-18)28(39)33-15-5-14-32)38-27(31)22(36-37-38)8-2-1-3-9-24-25-23(17-41-24)34-29(40)35-25/h4,6-7,10-13,16,23-26H,1-3,5,8-9,14-15,17,32H2,(H,33,39)(H2,34,35,40)/t23-,24-,25-,26?/m0/s1. The van der Waals surface area contributed by atoms with Crippen molar-refractivity contribution >= 4 is 23.7 Å². The van der Waals surface area contributed by atoms with Crippen molar-refractivity contribution in [1.82, 2.24) is 30.9 Å². The third-order valence-electron chi connectivity index (χ3n) is 7.61. The van der Waals surface area contributed by atoms with Gasteiger partial charge < -0.3 is 21.7 Å². The van der Waals surface area contributed by atoms with Crippen LogP contribution in [-0.2, 0) is 6.42 Å². The number of aryl methyl sites for hydroxylation is 1. The highest BCUT2D eigenvalue weighted by Gasteiger charge is 2.42. The molecule has 41 heavy (non-hydrogen) atoms. The monoisotopic (exact) mass is 583 g/mol. The number of halogens is 2. The summed E-state index contributed by atoms with van der Waals surface area (Å²) < 4.78 is 31.1. The zero-order valence-electron chi connectivity index (χ0n) is 22.7. The Morgan fingerprint density at radius 2 is 1.93 bits per heavy atom. The lowest BCUT2D eigenvalue weighted by atomic mass is 9.97. The Labute approximate surface area is 242 Å². The van der Waals surface area contributed by atoms with E-state index in [1.807, 2.05) is 11.8 Å². The van der Waals surface area contributed by atoms with Crippen LogP contribution in [0, 0.1) is 11.8 Å². The van der Waals surface area contributed by atoms with Gasteiger partial charge in [-0.25, -0.2) is 13.9 Å². The SMILES string of the molecule is NCCCNC(=O)c1ccc(C(c2cccc(F)c2)n2nnc(CCCCC[C@@H]3SC[C@@H]4NC(=O)N[C@@H]43)c2F)cc1. The molecule has 0 bridgehead atoms. The Bertz CT molecular complexity index is 1350. The second-order valence-corrected chi connectivity index (χ2v) is 11.7. The van der Waals surface area contributed by atoms with Gasteiger partial charge in [0.05, 0.1) is 12.1 Å². The van der Waals surface area contributed by atoms with Gasteiger partial charge in [0.2, 0.25) is 5.95 Å². The van der Waals surface area contributed by atoms with Gasteiger partial charge >= 0.3 is 6.03 Å². The molecule has 2 fully saturated rings. The van der Waals surface area contributed by atoms with E-state index in [0.29, 0.717) is 47.9 Å². The van der Waals surface area contributed by atoms with Gasteiger partial charge in [-0.2, -0.15) is 16.2 Å². The number of hydrogen-bond acceptors (Lipinski definition) is 6. The molecule has 9 nitrogen and oxygen atoms in total. The number of nitrogens with one attached hydrogen (secondary N) is 3. The number of carbonyl (C=O) groups is 2. The molecular weight excluding hydrogens is 548 g/mol. The Morgan fingerprint density at radius 1 is 1.10 bits per heavy atom. The number of urea groups is 1. The van der Waals surface area contributed by atoms with E-state index < -0.39 is 17.8 Å². The predicted octanol–water partition coefficient (Wildman–Crippen LogP) is 3.54. The van der Waals surface area contributed by atoms with Crippen molar-refractivity contribution < 1.29 is 18.4 Å². The molecule has 3 heterocycles. The Morgan fingerprint density at radius 3 is 2.71 bits per heavy atom. The molecule has 2 aliphatic rings. The molecule has 0 radical (unpaired) electrons. The number of hydrogen-bond donors (Lipinski definition) is 4. The maximum absolute atomic E-state index is 15.7. The number of fused-ring (bicyclic) bond motifs is 1. The highest BCUT2D eigenvalue weighted by molar-refractivity contribution is 8.00. The van der Waals surface area contributed by atoms with Crippen molar-refractivity contribution in [3.63, 3.8) is 0 Å². The molecule has 0 aliphatic carbocycles. The van der Waals surface area contributed by atoms with Crippen LogP contribution >= 0.6 is 11.8 Å². The van der Waals surface area contributed by atoms with E-state index in [1.165, 1.54) is 16.8 Å². The normalized spacial score (nSPS) is 20.4. The van der Waals surface area contributed by atoms with Gasteiger partial charge in [-0.15, -0.1) is 5.10 Å². The zero-order valence-corrected chi connectivity index (χ0v) is 23.5. The molecule has 1 aromatic heterocycles. The topological polar surface area (TPSA) is 127 Å². The predicted molar refractivity (Wildman–Crippen MR) is 154 cm³/mol. The van der Waals surface area contributed by atoms with Crippen LogP contribution in [0.15, 0.2) is 48.5 Å². The minimum atomic E-state index is -0.760. The van der Waals surface area contributed by atoms with Crippen molar-refractivity contribution in [2.45, 2.75) is 61.9 Å². The highest BCUT2D eigenvalue weighted by atomic mass is 32.2. The molecule has 2 saturated heterocycles. The van der Waals surface area contributed by atoms with Gasteiger partial charge in [0.1, 0.15) is 17.6 Å². The summed E-state index contributed by atoms with van der Waals surface area (Å²) in [5.41, 5.74) is 7.38. The third kappa shape index (κ3) is 6.87. The summed E-state index contributed by atoms with van der Waals surface area (Å²) in [6.07, 6.45) is 4.74. The Balaban J connectivity index is 1.24. The number of unbranched alkanes of at least 4 members (excludes halogenated alkanes) is 2. The summed E-state index contributed by atoms with van der Waals surface area (Å²) in [4.78, 5) is 24.0. The summed E-state index contributed by atoms with van der Waals surface area (Å²) in [6.45, 7) is 0.964. The number of nitrogens with zero attached hydrogens (tertiary/aromatic N) is 3. The van der Waals surface area contributed by atoms with Crippen LogP contribution in [0.3, 0.4) is 0 Å². The van der Waals surface area contributed by atoms with Crippen LogP contribution in [0.25, 0.3) is 0 Å². The van der Waals surface area contributed by atoms with Crippen molar-refractivity contribution in [2.24, 2.45) is 5.73 Å². The minimum Gasteiger partial charge on any atom is -0.352 e. The van der Waals surface area contributed by atoms with Crippen LogP contribution in [0.2, 0.25) is 0 Å². The van der Waals surface area contributed by atoms with Gasteiger partial charge in [-0.3, -0.25) is 4.79 Å². The fourth-order valence-corrected chi connectivity index (χ4v) is 7.01. The largest absolute Gasteiger partial charge is 0.352 e. The molecule has 12 heteroatoms. The quantitative estimate of drug-likeness (QED) is 0.180. The number of benzene rings is 2. The van der Waals surface area contributed by atoms with E-state index in [9.17, 15) is 14.0 Å². The average Bonchev–Trinajstić information content (AvgIpc) is 3.64. The lowest BCUT2D eigenvalue weighted by Gasteiger charge is -2.19. The lowest BCUT2D eigenvalue weighted by molar-refractivity contribution is 0.0953. The first-order valence-electron chi connectivity index (χ1n) is 14.1. The average molecular weight is 584 g/mol. The van der Waals surface area contributed by atoms with Gasteiger partial charge in [0.25, 0.3) is 5.91 Å². The smallest absolute Gasteiger partial charge is 0.315 e. The first-order valence-corrected chi connectivity index (χ1v) is 15.1. The highest BCUT2D eigenvalue weighted by Crippen LogP contribution is 2.33. The second-order valence-electron chi connectivity index (χ2n) is 10.5. The molecule has 5 rings (SSSR count). The summed E-state index contributed by atoms with van der Waals surface area (Å²) in [5.74, 6) is -0.294. The first-order chi connectivity index (χ1) is 19.9. The van der Waals surface area contributed by atoms with E-state index in [-0.39, 0.29) is 29.7 Å². The first kappa shape index (κ1) is 29.0. The molecule has 5 N–H and O–H groups in total. The van der Waals surface area contributed by atoms with Crippen LogP contribution in [0.4, 0.5) is 13.6 Å². The fourth-order valence-electron chi connectivity index (χ4n) is 5.47. The lowest BCUT2D eigenvalue weighted by Crippen LogP contribution is -2.36. The maximum Gasteiger partial charge on any atom is 0.315 e. The van der Waals surface area contributed by atoms with E-state index in [2.05, 4.69) is 26.3 Å². The summed E-state index contributed by atoms with van der Waals surface area (Å²) >= 11 is 1.89. The van der Waals surface area contributed by atoms with Gasteiger partial charge in [0, 0.05) is 23.1 Å². The van der Waals surface area contributed by atoms with Gasteiger partial charge in [-0.1, -0.05) is 42.3 Å². The number of rotatable bonds is 13. The number of aromatic nitrogens is 3. The molecule has 3 aromatic rings. The molecule has 0 spiro atoms. The number of thioether (sulfide) groups is 1. The minimum absolute atomic E-state index is 0.0832. The van der Waals surface area contributed by atoms with E-state index in [1.54, 1.807) is 36.4 Å². The zero-order chi connectivity index (χ0) is 28.8. The summed E-state index contributed by atoms with van der Waals surface area (Å²) in [5, 5.41) is 17.5. The van der Waals surface area contributed by atoms with E-state index in [0.717, 1.165) is 31.4 Å². The molecule has 218 valence electrons. The van der Waals surface area contributed by atoms with Crippen molar-refractivity contribution in [3.05, 3.63) is 82.7 Å². The second kappa shape index (κ2) is 13.4. The molecule has 2 aliphatic heterocycles. The molecule has 0 saturated carbocycles. The van der Waals surface area contributed by atoms with Crippen LogP contribution in [0.5, 0.6) is 0 Å². The van der Waals surface area contributed by atoms with Crippen LogP contribution < -0.4 is 21.7 Å². The van der Waals surface area contributed by atoms with Crippen molar-refractivity contribution in [1.29, 1.82) is 0 Å². The Hall–Kier alpha value is -3.51. The molecule has 3 amide bonds. The van der Waals surface area contributed by atoms with Crippen LogP contribution in [0.1, 0.15) is 65.3 Å². The number of nitrogens with two attached hydrogens (primary N) is 1. The van der Waals surface area contributed by atoms with Crippen molar-refractivity contribution in [3.8, 4) is 0 Å². The molecule has 4 atom stereocenters. The molecular formula is C29H35F2N7O2S. The summed E-state index contributed by atoms with van der Waals surface area (Å²) in [7, 11) is 0. The van der Waals surface area contributed by atoms with Crippen LogP contribution in [-0.4, -0.2) is 63.1 Å². The number of amides is 3. The van der Waals surface area contributed by atoms with Gasteiger partial charge in [-0.05, 0) is 67.6 Å². The van der Waals surface area contributed by atoms with E-state index in [4.69, 9.17) is 5.73 Å².